The van der Waals surface area contributed by atoms with Crippen LogP contribution >= 0.6 is 0 Å². The highest BCUT2D eigenvalue weighted by Gasteiger charge is 2.13. The number of carbonyl (C=O) groups excluding carboxylic acids is 2. The molecule has 4 aromatic rings. The Bertz CT molecular complexity index is 1810. The van der Waals surface area contributed by atoms with Crippen LogP contribution in [0.2, 0.25) is 0 Å². The summed E-state index contributed by atoms with van der Waals surface area (Å²) < 4.78 is 51.4. The molecule has 0 aromatic heterocycles. The highest BCUT2D eigenvalue weighted by Crippen LogP contribution is 2.22. The van der Waals surface area contributed by atoms with E-state index in [-0.39, 0.29) is 45.6 Å². The summed E-state index contributed by atoms with van der Waals surface area (Å²) in [6, 6.07) is 16.8. The minimum Gasteiger partial charge on any atom is -0.399 e. The average molecular weight is 719 g/mol. The summed E-state index contributed by atoms with van der Waals surface area (Å²) in [5.41, 5.74) is 6.96. The van der Waals surface area contributed by atoms with Crippen LogP contribution in [0.1, 0.15) is 72.4 Å². The van der Waals surface area contributed by atoms with Crippen molar-refractivity contribution in [3.05, 3.63) is 161 Å². The van der Waals surface area contributed by atoms with Gasteiger partial charge in [0, 0.05) is 35.5 Å². The van der Waals surface area contributed by atoms with E-state index in [1.165, 1.54) is 31.2 Å². The Labute approximate surface area is 289 Å². The van der Waals surface area contributed by atoms with Crippen molar-refractivity contribution in [2.45, 2.75) is 40.5 Å². The molecule has 0 saturated heterocycles. The lowest BCUT2D eigenvalue weighted by Gasteiger charge is -2.06. The van der Waals surface area contributed by atoms with Gasteiger partial charge in [0.1, 0.15) is 23.3 Å². The van der Waals surface area contributed by atoms with Gasteiger partial charge in [0.15, 0.2) is 11.6 Å². The van der Waals surface area contributed by atoms with Crippen LogP contribution in [-0.4, -0.2) is 31.7 Å². The zero-order chi connectivity index (χ0) is 39.6. The lowest BCUT2D eigenvalue weighted by Crippen LogP contribution is -1.98. The second-order valence-electron chi connectivity index (χ2n) is 10.4. The van der Waals surface area contributed by atoms with Crippen molar-refractivity contribution in [2.75, 3.05) is 5.73 Å². The Kier molecular flexibility index (Phi) is 18.7. The fourth-order valence-corrected chi connectivity index (χ4v) is 3.60. The Morgan fingerprint density at radius 3 is 1.41 bits per heavy atom. The van der Waals surface area contributed by atoms with Gasteiger partial charge in [-0.2, -0.15) is 0 Å². The van der Waals surface area contributed by atoms with Gasteiger partial charge >= 0.3 is 0 Å². The van der Waals surface area contributed by atoms with Gasteiger partial charge in [0.2, 0.25) is 0 Å². The van der Waals surface area contributed by atoms with E-state index in [0.717, 1.165) is 37.3 Å². The highest BCUT2D eigenvalue weighted by atomic mass is 19.1. The number of nitrogen functional groups attached to an aromatic ring is 1. The van der Waals surface area contributed by atoms with E-state index in [9.17, 15) is 47.4 Å². The van der Waals surface area contributed by atoms with E-state index in [1.54, 1.807) is 31.2 Å². The number of nitro groups is 2. The molecule has 0 atom stereocenters. The molecule has 3 N–H and O–H groups in total. The predicted molar refractivity (Wildman–Crippen MR) is 181 cm³/mol. The number of hydrogen-bond donors (Lipinski definition) is 2. The third-order valence-electron chi connectivity index (χ3n) is 6.06. The van der Waals surface area contributed by atoms with Crippen LogP contribution in [0.3, 0.4) is 0 Å². The summed E-state index contributed by atoms with van der Waals surface area (Å²) in [6.45, 7) is 11.5. The fraction of sp³-hybridized carbons (Fsp3) is 0.176. The van der Waals surface area contributed by atoms with Gasteiger partial charge in [-0.05, 0) is 80.3 Å². The molecule has 0 aliphatic rings. The van der Waals surface area contributed by atoms with Crippen LogP contribution < -0.4 is 5.73 Å². The largest absolute Gasteiger partial charge is 0.399 e. The first kappa shape index (κ1) is 44.5. The predicted octanol–water partition coefficient (Wildman–Crippen LogP) is 8.92. The third-order valence-corrected chi connectivity index (χ3v) is 6.06. The summed E-state index contributed by atoms with van der Waals surface area (Å²) >= 11 is 0. The van der Waals surface area contributed by atoms with E-state index in [4.69, 9.17) is 21.1 Å². The van der Waals surface area contributed by atoms with Gasteiger partial charge < -0.3 is 10.9 Å². The number of benzene rings is 4. The number of nitrogens with zero attached hydrogens (tertiary/aromatic N) is 3. The Hall–Kier alpha value is -6.52. The van der Waals surface area contributed by atoms with E-state index in [0.29, 0.717) is 16.8 Å². The van der Waals surface area contributed by atoms with Crippen molar-refractivity contribution in [3.8, 4) is 0 Å². The van der Waals surface area contributed by atoms with E-state index in [2.05, 4.69) is 6.58 Å². The van der Waals surface area contributed by atoms with Crippen LogP contribution in [0.15, 0.2) is 85.4 Å². The lowest BCUT2D eigenvalue weighted by molar-refractivity contribution is -0.742. The molecule has 0 unspecified atom stereocenters. The first-order valence-corrected chi connectivity index (χ1v) is 14.3. The maximum absolute atomic E-state index is 13.0. The van der Waals surface area contributed by atoms with E-state index >= 15 is 0 Å². The maximum Gasteiger partial charge on any atom is 0.291 e. The van der Waals surface area contributed by atoms with Gasteiger partial charge in [-0.25, -0.2) is 17.6 Å². The number of carbonyl (C=O) groups is 2. The van der Waals surface area contributed by atoms with Gasteiger partial charge in [-0.1, -0.05) is 32.6 Å². The van der Waals surface area contributed by atoms with Gasteiger partial charge in [0.05, 0.1) is 21.0 Å². The summed E-state index contributed by atoms with van der Waals surface area (Å²) in [5.74, 6) is -2.42. The van der Waals surface area contributed by atoms with Crippen LogP contribution in [0, 0.1) is 53.6 Å². The number of nitro benzene ring substituents is 2. The molecule has 51 heavy (non-hydrogen) atoms. The number of non-ortho nitro benzene ring substituents is 2. The fourth-order valence-electron chi connectivity index (χ4n) is 3.60. The molecule has 0 amide bonds. The van der Waals surface area contributed by atoms with Crippen molar-refractivity contribution < 1.29 is 47.3 Å². The normalized spacial score (nSPS) is 9.53. The van der Waals surface area contributed by atoms with Crippen LogP contribution in [0.4, 0.5) is 34.6 Å². The molecule has 0 aliphatic carbocycles. The Morgan fingerprint density at radius 2 is 1.06 bits per heavy atom. The molecule has 4 rings (SSSR count). The molecular formula is C34H34F4N4O9. The van der Waals surface area contributed by atoms with Crippen LogP contribution in [0.5, 0.6) is 0 Å². The standard InChI is InChI=1S/C9H8FNO2.C9H12FN.C8H6FNO3.C8H7FO.HNO3/c1-6(2)8-5-7(11(12)13)3-4-9(8)10;1-6(2)8-5-7(11)3-4-9(8)10;1-5(11)7-4-6(10(12)13)2-3-8(7)9;1-6(10)7-4-2-3-5-8(7)9;2-1(3)4/h3-5H,1H2,2H3;3-6H,11H2,1-2H3;2-4H,1H3;2-5H,1H3;(H,2,3,4). The number of Topliss-reactive ketones (excluding diaryl/α,β-unsaturated/α-hetero) is 2. The first-order valence-electron chi connectivity index (χ1n) is 14.3. The second kappa shape index (κ2) is 21.5. The summed E-state index contributed by atoms with van der Waals surface area (Å²) in [4.78, 5) is 49.1. The number of nitrogens with two attached hydrogens (primary N) is 1. The number of halogens is 4. The third kappa shape index (κ3) is 16.4. The Morgan fingerprint density at radius 1 is 0.667 bits per heavy atom. The summed E-state index contributed by atoms with van der Waals surface area (Å²) in [7, 11) is 0. The topological polar surface area (TPSA) is 210 Å². The summed E-state index contributed by atoms with van der Waals surface area (Å²) in [5, 5.41) is 34.2. The van der Waals surface area contributed by atoms with Crippen molar-refractivity contribution in [2.24, 2.45) is 0 Å². The van der Waals surface area contributed by atoms with Crippen LogP contribution in [-0.2, 0) is 0 Å². The molecule has 0 aliphatic heterocycles. The van der Waals surface area contributed by atoms with Crippen molar-refractivity contribution in [3.63, 3.8) is 0 Å². The molecule has 0 spiro atoms. The molecule has 0 fully saturated rings. The van der Waals surface area contributed by atoms with Crippen molar-refractivity contribution in [1.29, 1.82) is 0 Å². The van der Waals surface area contributed by atoms with Crippen LogP contribution in [0.25, 0.3) is 5.57 Å². The molecule has 0 radical (unpaired) electrons. The Balaban J connectivity index is 0.000000633. The minimum atomic E-state index is -1.50. The molecule has 4 aromatic carbocycles. The van der Waals surface area contributed by atoms with Gasteiger partial charge in [-0.15, -0.1) is 10.1 Å². The monoisotopic (exact) mass is 718 g/mol. The zero-order valence-corrected chi connectivity index (χ0v) is 27.9. The number of rotatable bonds is 6. The molecular weight excluding hydrogens is 684 g/mol. The molecule has 0 bridgehead atoms. The number of ketones is 2. The maximum atomic E-state index is 13.0. The lowest BCUT2D eigenvalue weighted by atomic mass is 10.0. The molecule has 17 heteroatoms. The van der Waals surface area contributed by atoms with Crippen molar-refractivity contribution in [1.82, 2.24) is 0 Å². The number of anilines is 1. The SMILES string of the molecule is C=C(C)c1cc([N+](=O)[O-])ccc1F.CC(=O)c1cc([N+](=O)[O-])ccc1F.CC(=O)c1ccccc1F.CC(C)c1cc(N)ccc1F.O=[N+]([O-])O. The molecule has 13 nitrogen and oxygen atoms in total. The van der Waals surface area contributed by atoms with E-state index in [1.807, 2.05) is 13.8 Å². The smallest absolute Gasteiger partial charge is 0.291 e. The summed E-state index contributed by atoms with van der Waals surface area (Å²) in [6.07, 6.45) is 0. The molecule has 0 heterocycles. The minimum absolute atomic E-state index is 0.126. The van der Waals surface area contributed by atoms with Crippen molar-refractivity contribution >= 4 is 34.2 Å². The molecule has 0 saturated carbocycles. The number of hydrogen-bond acceptors (Lipinski definition) is 9. The van der Waals surface area contributed by atoms with Gasteiger partial charge in [-0.3, -0.25) is 29.8 Å². The zero-order valence-electron chi connectivity index (χ0n) is 27.9. The highest BCUT2D eigenvalue weighted by molar-refractivity contribution is 5.95. The first-order chi connectivity index (χ1) is 23.6. The molecule has 272 valence electrons. The average Bonchev–Trinajstić information content (AvgIpc) is 3.03. The second-order valence-corrected chi connectivity index (χ2v) is 10.4. The number of allylic oxidation sites excluding steroid dienone is 1. The van der Waals surface area contributed by atoms with E-state index < -0.39 is 38.2 Å². The quantitative estimate of drug-likeness (QED) is 0.0635. The van der Waals surface area contributed by atoms with Gasteiger partial charge in [0.25, 0.3) is 16.5 Å².